The maximum Gasteiger partial charge on any atom is 0.330 e. The topological polar surface area (TPSA) is 74.6 Å². The zero-order valence-electron chi connectivity index (χ0n) is 20.7. The minimum atomic E-state index is -0.935. The molecule has 0 aromatic heterocycles. The molecule has 0 heterocycles. The highest BCUT2D eigenvalue weighted by atomic mass is 16.4. The summed E-state index contributed by atoms with van der Waals surface area (Å²) in [6.45, 7) is 8.56. The van der Waals surface area contributed by atoms with Crippen molar-refractivity contribution in [3.8, 4) is 0 Å². The third-order valence-corrected chi connectivity index (χ3v) is 5.46. The molecule has 0 bridgehead atoms. The van der Waals surface area contributed by atoms with E-state index in [1.807, 2.05) is 6.08 Å². The first-order chi connectivity index (χ1) is 14.8. The van der Waals surface area contributed by atoms with E-state index in [4.69, 9.17) is 10.2 Å². The largest absolute Gasteiger partial charge is 0.478 e. The normalized spacial score (nSPS) is 11.0. The molecule has 0 aromatic carbocycles. The van der Waals surface area contributed by atoms with Gasteiger partial charge < -0.3 is 10.2 Å². The summed E-state index contributed by atoms with van der Waals surface area (Å²) in [5.74, 6) is -1.72. The molecule has 0 aliphatic heterocycles. The lowest BCUT2D eigenvalue weighted by atomic mass is 10.0. The van der Waals surface area contributed by atoms with Gasteiger partial charge >= 0.3 is 11.9 Å². The predicted molar refractivity (Wildman–Crippen MR) is 133 cm³/mol. The number of carbonyl (C=O) groups is 2. The van der Waals surface area contributed by atoms with E-state index in [-0.39, 0.29) is 5.57 Å². The SMILES string of the molecule is C=C(C)C(=O)O.CCCCCCCCCCCCCCCCCCCC=C(C)C(=O)O. The van der Waals surface area contributed by atoms with Gasteiger partial charge in [0.2, 0.25) is 0 Å². The lowest BCUT2D eigenvalue weighted by Gasteiger charge is -2.03. The number of rotatable bonds is 20. The number of unbranched alkanes of at least 4 members (excludes halogenated alkanes) is 17. The second kappa shape index (κ2) is 24.7. The highest BCUT2D eigenvalue weighted by molar-refractivity contribution is 5.85. The van der Waals surface area contributed by atoms with Gasteiger partial charge in [-0.05, 0) is 26.7 Å². The second-order valence-electron chi connectivity index (χ2n) is 8.72. The van der Waals surface area contributed by atoms with E-state index in [1.165, 1.54) is 110 Å². The summed E-state index contributed by atoms with van der Waals surface area (Å²) in [5.41, 5.74) is 0.659. The number of carboxylic acid groups (broad SMARTS) is 2. The van der Waals surface area contributed by atoms with Crippen LogP contribution in [-0.2, 0) is 9.59 Å². The van der Waals surface area contributed by atoms with Gasteiger partial charge in [0.05, 0.1) is 0 Å². The van der Waals surface area contributed by atoms with E-state index in [1.54, 1.807) is 6.92 Å². The van der Waals surface area contributed by atoms with Crippen molar-refractivity contribution in [3.63, 3.8) is 0 Å². The van der Waals surface area contributed by atoms with E-state index in [2.05, 4.69) is 13.5 Å². The van der Waals surface area contributed by atoms with Crippen LogP contribution in [0, 0.1) is 0 Å². The van der Waals surface area contributed by atoms with Crippen molar-refractivity contribution in [2.45, 2.75) is 136 Å². The van der Waals surface area contributed by atoms with E-state index in [0.29, 0.717) is 5.57 Å². The summed E-state index contributed by atoms with van der Waals surface area (Å²) < 4.78 is 0. The Balaban J connectivity index is 0. The second-order valence-corrected chi connectivity index (χ2v) is 8.72. The third kappa shape index (κ3) is 28.4. The lowest BCUT2D eigenvalue weighted by molar-refractivity contribution is -0.133. The molecule has 0 aromatic rings. The minimum Gasteiger partial charge on any atom is -0.478 e. The van der Waals surface area contributed by atoms with Gasteiger partial charge in [0.15, 0.2) is 0 Å². The van der Waals surface area contributed by atoms with E-state index < -0.39 is 11.9 Å². The van der Waals surface area contributed by atoms with Gasteiger partial charge in [-0.25, -0.2) is 9.59 Å². The molecule has 0 unspecified atom stereocenters. The van der Waals surface area contributed by atoms with Crippen molar-refractivity contribution >= 4 is 11.9 Å². The summed E-state index contributed by atoms with van der Waals surface area (Å²) in [5, 5.41) is 16.6. The van der Waals surface area contributed by atoms with Gasteiger partial charge in [-0.15, -0.1) is 0 Å². The van der Waals surface area contributed by atoms with Crippen LogP contribution in [0.4, 0.5) is 0 Å². The summed E-state index contributed by atoms with van der Waals surface area (Å²) in [6.07, 6.45) is 26.3. The zero-order valence-corrected chi connectivity index (χ0v) is 20.7. The van der Waals surface area contributed by atoms with Crippen LogP contribution < -0.4 is 0 Å². The van der Waals surface area contributed by atoms with Crippen LogP contribution in [-0.4, -0.2) is 22.2 Å². The Morgan fingerprint density at radius 2 is 0.903 bits per heavy atom. The first kappa shape index (κ1) is 31.6. The summed E-state index contributed by atoms with van der Waals surface area (Å²) >= 11 is 0. The van der Waals surface area contributed by atoms with Crippen LogP contribution in [0.1, 0.15) is 136 Å². The maximum atomic E-state index is 10.6. The number of hydrogen-bond acceptors (Lipinski definition) is 2. The van der Waals surface area contributed by atoms with Gasteiger partial charge in [0.25, 0.3) is 0 Å². The van der Waals surface area contributed by atoms with Crippen LogP contribution in [0.3, 0.4) is 0 Å². The van der Waals surface area contributed by atoms with Gasteiger partial charge in [-0.2, -0.15) is 0 Å². The zero-order chi connectivity index (χ0) is 23.7. The summed E-state index contributed by atoms with van der Waals surface area (Å²) in [7, 11) is 0. The van der Waals surface area contributed by atoms with Gasteiger partial charge in [-0.1, -0.05) is 122 Å². The van der Waals surface area contributed by atoms with Crippen molar-refractivity contribution in [1.29, 1.82) is 0 Å². The average Bonchev–Trinajstić information content (AvgIpc) is 2.73. The van der Waals surface area contributed by atoms with Gasteiger partial charge in [0, 0.05) is 11.1 Å². The Labute approximate surface area is 192 Å². The monoisotopic (exact) mass is 438 g/mol. The molecule has 31 heavy (non-hydrogen) atoms. The Morgan fingerprint density at radius 3 is 1.16 bits per heavy atom. The standard InChI is InChI=1S/C23H44O2.C4H6O2/c1-3-4-5-6-7-8-9-10-11-12-13-14-15-16-17-18-19-20-21-22(2)23(24)25;1-3(2)4(5)6/h21H,3-20H2,1-2H3,(H,24,25);1H2,2H3,(H,5,6). The fourth-order valence-electron chi connectivity index (χ4n) is 3.28. The molecule has 0 spiro atoms. The highest BCUT2D eigenvalue weighted by Crippen LogP contribution is 2.14. The van der Waals surface area contributed by atoms with E-state index >= 15 is 0 Å². The van der Waals surface area contributed by atoms with Crippen LogP contribution >= 0.6 is 0 Å². The molecule has 0 radical (unpaired) electrons. The van der Waals surface area contributed by atoms with Crippen molar-refractivity contribution in [2.75, 3.05) is 0 Å². The molecule has 0 atom stereocenters. The van der Waals surface area contributed by atoms with E-state index in [9.17, 15) is 9.59 Å². The number of aliphatic carboxylic acids is 2. The highest BCUT2D eigenvalue weighted by Gasteiger charge is 1.98. The predicted octanol–water partition coefficient (Wildman–Crippen LogP) is 8.71. The third-order valence-electron chi connectivity index (χ3n) is 5.46. The molecule has 4 nitrogen and oxygen atoms in total. The molecule has 0 saturated heterocycles. The molecule has 0 saturated carbocycles. The van der Waals surface area contributed by atoms with Gasteiger partial charge in [0.1, 0.15) is 0 Å². The van der Waals surface area contributed by atoms with Crippen LogP contribution in [0.5, 0.6) is 0 Å². The maximum absolute atomic E-state index is 10.6. The summed E-state index contributed by atoms with van der Waals surface area (Å²) in [6, 6.07) is 0. The summed E-state index contributed by atoms with van der Waals surface area (Å²) in [4.78, 5) is 20.2. The molecule has 0 rings (SSSR count). The Kier molecular flexibility index (Phi) is 25.2. The van der Waals surface area contributed by atoms with Crippen molar-refractivity contribution < 1.29 is 19.8 Å². The molecule has 182 valence electrons. The first-order valence-corrected chi connectivity index (χ1v) is 12.6. The molecule has 0 fully saturated rings. The first-order valence-electron chi connectivity index (χ1n) is 12.6. The van der Waals surface area contributed by atoms with E-state index in [0.717, 1.165) is 12.8 Å². The van der Waals surface area contributed by atoms with Crippen molar-refractivity contribution in [1.82, 2.24) is 0 Å². The molecule has 4 heteroatoms. The molecular weight excluding hydrogens is 388 g/mol. The van der Waals surface area contributed by atoms with Gasteiger partial charge in [-0.3, -0.25) is 0 Å². The molecule has 2 N–H and O–H groups in total. The number of carboxylic acids is 2. The Morgan fingerprint density at radius 1 is 0.613 bits per heavy atom. The van der Waals surface area contributed by atoms with Crippen LogP contribution in [0.2, 0.25) is 0 Å². The van der Waals surface area contributed by atoms with Crippen molar-refractivity contribution in [2.24, 2.45) is 0 Å². The molecule has 0 aliphatic carbocycles. The van der Waals surface area contributed by atoms with Crippen LogP contribution in [0.25, 0.3) is 0 Å². The molecule has 0 aliphatic rings. The minimum absolute atomic E-state index is 0.176. The fraction of sp³-hybridized carbons (Fsp3) is 0.778. The quantitative estimate of drug-likeness (QED) is 0.147. The average molecular weight is 439 g/mol. The van der Waals surface area contributed by atoms with Crippen LogP contribution in [0.15, 0.2) is 23.8 Å². The number of allylic oxidation sites excluding steroid dienone is 1. The van der Waals surface area contributed by atoms with Crippen molar-refractivity contribution in [3.05, 3.63) is 23.8 Å². The lowest BCUT2D eigenvalue weighted by Crippen LogP contribution is -1.95. The Bertz CT molecular complexity index is 468. The smallest absolute Gasteiger partial charge is 0.330 e. The molecular formula is C27H50O4. The number of hydrogen-bond donors (Lipinski definition) is 2. The molecule has 0 amide bonds. The fourth-order valence-corrected chi connectivity index (χ4v) is 3.28. The Hall–Kier alpha value is -1.58.